The summed E-state index contributed by atoms with van der Waals surface area (Å²) < 4.78 is 10.3. The number of esters is 1. The van der Waals surface area contributed by atoms with Gasteiger partial charge in [-0.3, -0.25) is 9.59 Å². The van der Waals surface area contributed by atoms with E-state index < -0.39 is 29.6 Å². The van der Waals surface area contributed by atoms with Gasteiger partial charge in [0.05, 0.1) is 0 Å². The van der Waals surface area contributed by atoms with E-state index in [1.807, 2.05) is 30.3 Å². The maximum atomic E-state index is 12.3. The van der Waals surface area contributed by atoms with Crippen LogP contribution in [0.1, 0.15) is 40.2 Å². The minimum Gasteiger partial charge on any atom is -0.460 e. The van der Waals surface area contributed by atoms with E-state index in [0.29, 0.717) is 0 Å². The number of amides is 2. The first-order chi connectivity index (χ1) is 12.1. The lowest BCUT2D eigenvalue weighted by molar-refractivity contribution is -0.145. The van der Waals surface area contributed by atoms with Crippen molar-refractivity contribution in [1.29, 1.82) is 0 Å². The van der Waals surface area contributed by atoms with E-state index in [1.54, 1.807) is 34.6 Å². The van der Waals surface area contributed by atoms with E-state index in [1.165, 1.54) is 0 Å². The van der Waals surface area contributed by atoms with E-state index >= 15 is 0 Å². The van der Waals surface area contributed by atoms with E-state index in [9.17, 15) is 14.4 Å². The zero-order valence-corrected chi connectivity index (χ0v) is 16.0. The van der Waals surface area contributed by atoms with Gasteiger partial charge in [0.1, 0.15) is 24.8 Å². The molecule has 1 aromatic rings. The fourth-order valence-electron chi connectivity index (χ4n) is 2.03. The highest BCUT2D eigenvalue weighted by atomic mass is 16.6. The number of rotatable bonds is 7. The molecule has 7 heteroatoms. The Bertz CT molecular complexity index is 608. The lowest BCUT2D eigenvalue weighted by atomic mass is 10.0. The van der Waals surface area contributed by atoms with Gasteiger partial charge in [-0.15, -0.1) is 0 Å². The van der Waals surface area contributed by atoms with E-state index in [4.69, 9.17) is 9.47 Å². The third kappa shape index (κ3) is 8.50. The van der Waals surface area contributed by atoms with Crippen LogP contribution in [0.4, 0.5) is 4.79 Å². The van der Waals surface area contributed by atoms with Crippen molar-refractivity contribution in [2.75, 3.05) is 6.54 Å². The zero-order valence-electron chi connectivity index (χ0n) is 16.0. The maximum absolute atomic E-state index is 12.3. The fourth-order valence-corrected chi connectivity index (χ4v) is 2.03. The Morgan fingerprint density at radius 3 is 2.23 bits per heavy atom. The molecule has 0 aliphatic carbocycles. The van der Waals surface area contributed by atoms with Gasteiger partial charge >= 0.3 is 12.1 Å². The molecule has 0 radical (unpaired) electrons. The van der Waals surface area contributed by atoms with Crippen molar-refractivity contribution in [3.8, 4) is 0 Å². The Morgan fingerprint density at radius 1 is 1.08 bits per heavy atom. The summed E-state index contributed by atoms with van der Waals surface area (Å²) in [7, 11) is 0. The van der Waals surface area contributed by atoms with Crippen LogP contribution in [0.15, 0.2) is 30.3 Å². The fraction of sp³-hybridized carbons (Fsp3) is 0.526. The summed E-state index contributed by atoms with van der Waals surface area (Å²) in [5, 5.41) is 5.01. The second-order valence-corrected chi connectivity index (χ2v) is 7.23. The Hall–Kier alpha value is -2.57. The lowest BCUT2D eigenvalue weighted by Gasteiger charge is -2.25. The number of ether oxygens (including phenoxy) is 2. The van der Waals surface area contributed by atoms with Crippen molar-refractivity contribution < 1.29 is 23.9 Å². The van der Waals surface area contributed by atoms with Gasteiger partial charge in [0.15, 0.2) is 0 Å². The summed E-state index contributed by atoms with van der Waals surface area (Å²) in [5.41, 5.74) is 0.197. The van der Waals surface area contributed by atoms with Gasteiger partial charge in [-0.1, -0.05) is 44.2 Å². The molecule has 1 atom stereocenters. The van der Waals surface area contributed by atoms with Gasteiger partial charge in [0.2, 0.25) is 5.91 Å². The average molecular weight is 364 g/mol. The molecule has 0 aliphatic rings. The highest BCUT2D eigenvalue weighted by molar-refractivity contribution is 5.88. The molecule has 0 unspecified atom stereocenters. The molecular formula is C19H28N2O5. The minimum absolute atomic E-state index is 0.138. The van der Waals surface area contributed by atoms with Gasteiger partial charge in [-0.05, 0) is 32.3 Å². The summed E-state index contributed by atoms with van der Waals surface area (Å²) in [6.07, 6.45) is -0.682. The molecule has 0 saturated carbocycles. The van der Waals surface area contributed by atoms with Crippen LogP contribution in [0.5, 0.6) is 0 Å². The molecule has 144 valence electrons. The predicted octanol–water partition coefficient (Wildman–Crippen LogP) is 2.40. The molecular weight excluding hydrogens is 336 g/mol. The molecule has 0 aliphatic heterocycles. The number of carbonyl (C=O) groups is 3. The molecule has 0 spiro atoms. The van der Waals surface area contributed by atoms with Gasteiger partial charge in [0, 0.05) is 0 Å². The molecule has 7 nitrogen and oxygen atoms in total. The molecule has 0 saturated heterocycles. The van der Waals surface area contributed by atoms with Gasteiger partial charge < -0.3 is 20.1 Å². The second-order valence-electron chi connectivity index (χ2n) is 7.23. The summed E-state index contributed by atoms with van der Waals surface area (Å²) in [6, 6.07) is 8.43. The largest absolute Gasteiger partial charge is 0.460 e. The molecule has 2 amide bonds. The van der Waals surface area contributed by atoms with Crippen molar-refractivity contribution in [1.82, 2.24) is 10.6 Å². The first-order valence-corrected chi connectivity index (χ1v) is 8.55. The van der Waals surface area contributed by atoms with Crippen LogP contribution in [0.2, 0.25) is 0 Å². The molecule has 26 heavy (non-hydrogen) atoms. The van der Waals surface area contributed by atoms with Crippen LogP contribution in [-0.4, -0.2) is 36.2 Å². The third-order valence-corrected chi connectivity index (χ3v) is 3.27. The molecule has 1 aromatic carbocycles. The lowest BCUT2D eigenvalue weighted by Crippen LogP contribution is -2.51. The number of benzene rings is 1. The molecule has 0 bridgehead atoms. The monoisotopic (exact) mass is 364 g/mol. The Labute approximate surface area is 154 Å². The summed E-state index contributed by atoms with van der Waals surface area (Å²) >= 11 is 0. The van der Waals surface area contributed by atoms with Gasteiger partial charge in [-0.25, -0.2) is 4.79 Å². The number of hydrogen-bond donors (Lipinski definition) is 2. The van der Waals surface area contributed by atoms with E-state index in [0.717, 1.165) is 5.56 Å². The normalized spacial score (nSPS) is 12.2. The van der Waals surface area contributed by atoms with E-state index in [2.05, 4.69) is 10.6 Å². The predicted molar refractivity (Wildman–Crippen MR) is 97.2 cm³/mol. The SMILES string of the molecule is CC(C)[C@@H](NC(=O)OC(C)(C)C)C(=O)NCC(=O)OCc1ccccc1. The summed E-state index contributed by atoms with van der Waals surface area (Å²) in [5.74, 6) is -1.20. The first-order valence-electron chi connectivity index (χ1n) is 8.55. The topological polar surface area (TPSA) is 93.7 Å². The quantitative estimate of drug-likeness (QED) is 0.725. The third-order valence-electron chi connectivity index (χ3n) is 3.27. The summed E-state index contributed by atoms with van der Waals surface area (Å²) in [4.78, 5) is 35.9. The average Bonchev–Trinajstić information content (AvgIpc) is 2.54. The van der Waals surface area contributed by atoms with E-state index in [-0.39, 0.29) is 19.1 Å². The molecule has 0 heterocycles. The smallest absolute Gasteiger partial charge is 0.408 e. The highest BCUT2D eigenvalue weighted by Gasteiger charge is 2.27. The summed E-state index contributed by atoms with van der Waals surface area (Å²) in [6.45, 7) is 8.65. The number of alkyl carbamates (subject to hydrolysis) is 1. The maximum Gasteiger partial charge on any atom is 0.408 e. The Balaban J connectivity index is 2.46. The van der Waals surface area contributed by atoms with Crippen molar-refractivity contribution >= 4 is 18.0 Å². The van der Waals surface area contributed by atoms with Crippen LogP contribution in [0.25, 0.3) is 0 Å². The Kier molecular flexibility index (Phi) is 8.09. The van der Waals surface area contributed by atoms with Crippen LogP contribution >= 0.6 is 0 Å². The molecule has 2 N–H and O–H groups in total. The van der Waals surface area contributed by atoms with Crippen LogP contribution in [0.3, 0.4) is 0 Å². The molecule has 1 rings (SSSR count). The number of carbonyl (C=O) groups excluding carboxylic acids is 3. The van der Waals surface area contributed by atoms with Crippen LogP contribution < -0.4 is 10.6 Å². The zero-order chi connectivity index (χ0) is 19.7. The molecule has 0 fully saturated rings. The first kappa shape index (κ1) is 21.5. The molecule has 0 aromatic heterocycles. The Morgan fingerprint density at radius 2 is 1.69 bits per heavy atom. The standard InChI is InChI=1S/C19H28N2O5/c1-13(2)16(21-18(24)26-19(3,4)5)17(23)20-11-15(22)25-12-14-9-7-6-8-10-14/h6-10,13,16H,11-12H2,1-5H3,(H,20,23)(H,21,24)/t16-/m1/s1. The minimum atomic E-state index is -0.813. The van der Waals surface area contributed by atoms with Crippen molar-refractivity contribution in [2.24, 2.45) is 5.92 Å². The van der Waals surface area contributed by atoms with Crippen molar-refractivity contribution in [2.45, 2.75) is 52.9 Å². The van der Waals surface area contributed by atoms with Gasteiger partial charge in [0.25, 0.3) is 0 Å². The van der Waals surface area contributed by atoms with Crippen LogP contribution in [0, 0.1) is 5.92 Å². The number of nitrogens with one attached hydrogen (secondary N) is 2. The number of hydrogen-bond acceptors (Lipinski definition) is 5. The van der Waals surface area contributed by atoms with Crippen molar-refractivity contribution in [3.63, 3.8) is 0 Å². The highest BCUT2D eigenvalue weighted by Crippen LogP contribution is 2.09. The van der Waals surface area contributed by atoms with Gasteiger partial charge in [-0.2, -0.15) is 0 Å². The van der Waals surface area contributed by atoms with Crippen molar-refractivity contribution in [3.05, 3.63) is 35.9 Å². The van der Waals surface area contributed by atoms with Crippen LogP contribution in [-0.2, 0) is 25.7 Å². The second kappa shape index (κ2) is 9.79.